The van der Waals surface area contributed by atoms with Crippen LogP contribution in [0.25, 0.3) is 11.1 Å². The van der Waals surface area contributed by atoms with E-state index in [4.69, 9.17) is 17.3 Å². The van der Waals surface area contributed by atoms with E-state index >= 15 is 0 Å². The normalized spacial score (nSPS) is 11.9. The summed E-state index contributed by atoms with van der Waals surface area (Å²) in [5.74, 6) is -2.84. The summed E-state index contributed by atoms with van der Waals surface area (Å²) in [7, 11) is 0. The molecule has 0 aliphatic rings. The maximum absolute atomic E-state index is 14.1. The van der Waals surface area contributed by atoms with E-state index in [1.807, 2.05) is 0 Å². The molecule has 0 spiro atoms. The minimum Gasteiger partial charge on any atom is -0.478 e. The van der Waals surface area contributed by atoms with Crippen LogP contribution >= 0.6 is 22.9 Å². The van der Waals surface area contributed by atoms with Crippen molar-refractivity contribution in [1.29, 1.82) is 0 Å². The zero-order valence-electron chi connectivity index (χ0n) is 14.0. The molecule has 3 N–H and O–H groups in total. The van der Waals surface area contributed by atoms with Crippen LogP contribution in [0.3, 0.4) is 0 Å². The fourth-order valence-corrected chi connectivity index (χ4v) is 4.03. The average Bonchev–Trinajstić information content (AvgIpc) is 3.10. The standard InChI is InChI=1S/C20H15ClFNO3S/c21-13-5-6-14(17(22)10-13)12-3-1-11(2-4-12)9-16(19(23)24)18-15(20(25)26)7-8-27-18/h1-8,10,16H,9H2,(H2,23,24)(H,25,26). The Morgan fingerprint density at radius 2 is 1.85 bits per heavy atom. The Morgan fingerprint density at radius 3 is 2.44 bits per heavy atom. The Balaban J connectivity index is 1.87. The second-order valence-electron chi connectivity index (χ2n) is 5.98. The number of hydrogen-bond donors (Lipinski definition) is 2. The molecule has 1 atom stereocenters. The van der Waals surface area contributed by atoms with Crippen LogP contribution in [0.4, 0.5) is 4.39 Å². The molecule has 1 heterocycles. The van der Waals surface area contributed by atoms with Crippen LogP contribution in [0.5, 0.6) is 0 Å². The van der Waals surface area contributed by atoms with E-state index in [1.165, 1.54) is 23.5 Å². The number of benzene rings is 2. The summed E-state index contributed by atoms with van der Waals surface area (Å²) >= 11 is 6.97. The molecule has 3 rings (SSSR count). The summed E-state index contributed by atoms with van der Waals surface area (Å²) < 4.78 is 14.1. The van der Waals surface area contributed by atoms with Gasteiger partial charge in [-0.1, -0.05) is 35.9 Å². The SMILES string of the molecule is NC(=O)C(Cc1ccc(-c2ccc(Cl)cc2F)cc1)c1sccc1C(=O)O. The van der Waals surface area contributed by atoms with Crippen molar-refractivity contribution in [3.8, 4) is 11.1 Å². The number of amides is 1. The van der Waals surface area contributed by atoms with E-state index in [0.29, 0.717) is 21.0 Å². The van der Waals surface area contributed by atoms with E-state index in [9.17, 15) is 19.1 Å². The minimum absolute atomic E-state index is 0.0867. The summed E-state index contributed by atoms with van der Waals surface area (Å²) in [6, 6.07) is 13.0. The van der Waals surface area contributed by atoms with Crippen molar-refractivity contribution in [2.45, 2.75) is 12.3 Å². The second-order valence-corrected chi connectivity index (χ2v) is 7.37. The lowest BCUT2D eigenvalue weighted by molar-refractivity contribution is -0.119. The lowest BCUT2D eigenvalue weighted by Gasteiger charge is -2.14. The van der Waals surface area contributed by atoms with Crippen LogP contribution in [-0.2, 0) is 11.2 Å². The number of carboxylic acids is 1. The van der Waals surface area contributed by atoms with Crippen molar-refractivity contribution in [2.24, 2.45) is 5.73 Å². The van der Waals surface area contributed by atoms with Crippen molar-refractivity contribution in [2.75, 3.05) is 0 Å². The van der Waals surface area contributed by atoms with Gasteiger partial charge in [-0.3, -0.25) is 4.79 Å². The lowest BCUT2D eigenvalue weighted by Crippen LogP contribution is -2.24. The van der Waals surface area contributed by atoms with Gasteiger partial charge in [0.25, 0.3) is 0 Å². The van der Waals surface area contributed by atoms with Gasteiger partial charge in [-0.05, 0) is 47.2 Å². The molecule has 2 aromatic carbocycles. The molecule has 0 aliphatic carbocycles. The number of carbonyl (C=O) groups is 2. The number of halogens is 2. The van der Waals surface area contributed by atoms with Gasteiger partial charge in [-0.25, -0.2) is 9.18 Å². The Kier molecular flexibility index (Phi) is 5.58. The van der Waals surface area contributed by atoms with Gasteiger partial charge in [-0.2, -0.15) is 0 Å². The zero-order valence-corrected chi connectivity index (χ0v) is 15.6. The predicted molar refractivity (Wildman–Crippen MR) is 104 cm³/mol. The van der Waals surface area contributed by atoms with Crippen LogP contribution in [-0.4, -0.2) is 17.0 Å². The van der Waals surface area contributed by atoms with Crippen LogP contribution in [0.1, 0.15) is 26.7 Å². The number of thiophene rings is 1. The molecular weight excluding hydrogens is 389 g/mol. The van der Waals surface area contributed by atoms with E-state index in [1.54, 1.807) is 41.8 Å². The predicted octanol–water partition coefficient (Wildman–Crippen LogP) is 4.72. The number of hydrogen-bond acceptors (Lipinski definition) is 3. The molecule has 0 aliphatic heterocycles. The molecule has 0 saturated heterocycles. The van der Waals surface area contributed by atoms with Gasteiger partial charge in [0.2, 0.25) is 5.91 Å². The quantitative estimate of drug-likeness (QED) is 0.625. The first-order chi connectivity index (χ1) is 12.9. The van der Waals surface area contributed by atoms with Crippen LogP contribution in [0, 0.1) is 5.82 Å². The average molecular weight is 404 g/mol. The summed E-state index contributed by atoms with van der Waals surface area (Å²) in [6.45, 7) is 0. The van der Waals surface area contributed by atoms with E-state index < -0.39 is 23.6 Å². The Bertz CT molecular complexity index is 1000. The maximum Gasteiger partial charge on any atom is 0.336 e. The highest BCUT2D eigenvalue weighted by atomic mass is 35.5. The van der Waals surface area contributed by atoms with E-state index in [-0.39, 0.29) is 12.0 Å². The molecule has 4 nitrogen and oxygen atoms in total. The molecule has 0 radical (unpaired) electrons. The van der Waals surface area contributed by atoms with E-state index in [2.05, 4.69) is 0 Å². The van der Waals surface area contributed by atoms with Crippen LogP contribution in [0.15, 0.2) is 53.9 Å². The topological polar surface area (TPSA) is 80.4 Å². The van der Waals surface area contributed by atoms with Crippen molar-refractivity contribution < 1.29 is 19.1 Å². The molecule has 7 heteroatoms. The van der Waals surface area contributed by atoms with Gasteiger partial charge in [0.15, 0.2) is 0 Å². The molecule has 1 unspecified atom stereocenters. The number of primary amides is 1. The number of carbonyl (C=O) groups excluding carboxylic acids is 1. The van der Waals surface area contributed by atoms with Crippen LogP contribution in [0.2, 0.25) is 5.02 Å². The maximum atomic E-state index is 14.1. The molecule has 0 fully saturated rings. The van der Waals surface area contributed by atoms with Crippen molar-refractivity contribution in [1.82, 2.24) is 0 Å². The minimum atomic E-state index is -1.09. The molecule has 27 heavy (non-hydrogen) atoms. The largest absolute Gasteiger partial charge is 0.478 e. The number of carboxylic acid groups (broad SMARTS) is 1. The first-order valence-electron chi connectivity index (χ1n) is 8.01. The summed E-state index contributed by atoms with van der Waals surface area (Å²) in [6.07, 6.45) is 0.263. The highest BCUT2D eigenvalue weighted by Crippen LogP contribution is 2.31. The molecule has 3 aromatic rings. The first-order valence-corrected chi connectivity index (χ1v) is 9.27. The summed E-state index contributed by atoms with van der Waals surface area (Å²) in [4.78, 5) is 23.7. The smallest absolute Gasteiger partial charge is 0.336 e. The van der Waals surface area contributed by atoms with Gasteiger partial charge in [0, 0.05) is 15.5 Å². The molecule has 138 valence electrons. The Labute approximate surface area is 164 Å². The fraction of sp³-hybridized carbons (Fsp3) is 0.100. The Morgan fingerprint density at radius 1 is 1.15 bits per heavy atom. The molecular formula is C20H15ClFNO3S. The van der Waals surface area contributed by atoms with Gasteiger partial charge >= 0.3 is 5.97 Å². The van der Waals surface area contributed by atoms with E-state index in [0.717, 1.165) is 5.56 Å². The van der Waals surface area contributed by atoms with Crippen molar-refractivity contribution >= 4 is 34.8 Å². The van der Waals surface area contributed by atoms with Gasteiger partial charge < -0.3 is 10.8 Å². The van der Waals surface area contributed by atoms with Gasteiger partial charge in [-0.15, -0.1) is 11.3 Å². The third kappa shape index (κ3) is 4.18. The Hall–Kier alpha value is -2.70. The monoisotopic (exact) mass is 403 g/mol. The lowest BCUT2D eigenvalue weighted by atomic mass is 9.93. The number of aromatic carboxylic acids is 1. The highest BCUT2D eigenvalue weighted by Gasteiger charge is 2.25. The molecule has 0 saturated carbocycles. The third-order valence-corrected chi connectivity index (χ3v) is 5.49. The van der Waals surface area contributed by atoms with Gasteiger partial charge in [0.1, 0.15) is 5.82 Å². The fourth-order valence-electron chi connectivity index (χ4n) is 2.87. The third-order valence-electron chi connectivity index (χ3n) is 4.22. The molecule has 0 bridgehead atoms. The number of rotatable bonds is 6. The van der Waals surface area contributed by atoms with Crippen LogP contribution < -0.4 is 5.73 Å². The van der Waals surface area contributed by atoms with Gasteiger partial charge in [0.05, 0.1) is 11.5 Å². The second kappa shape index (κ2) is 7.90. The zero-order chi connectivity index (χ0) is 19.6. The van der Waals surface area contributed by atoms with Crippen molar-refractivity contribution in [3.63, 3.8) is 0 Å². The van der Waals surface area contributed by atoms with Crippen molar-refractivity contribution in [3.05, 3.63) is 80.8 Å². The highest BCUT2D eigenvalue weighted by molar-refractivity contribution is 7.10. The summed E-state index contributed by atoms with van der Waals surface area (Å²) in [5.41, 5.74) is 7.48. The number of nitrogens with two attached hydrogens (primary N) is 1. The molecule has 1 amide bonds. The first kappa shape index (κ1) is 19.1. The molecule has 1 aromatic heterocycles. The summed E-state index contributed by atoms with van der Waals surface area (Å²) in [5, 5.41) is 11.2.